The van der Waals surface area contributed by atoms with E-state index in [0.717, 1.165) is 36.4 Å². The number of fused-ring (bicyclic) bond motifs is 1. The molecule has 0 saturated carbocycles. The Hall–Kier alpha value is -3.94. The summed E-state index contributed by atoms with van der Waals surface area (Å²) < 4.78 is 3.47. The summed E-state index contributed by atoms with van der Waals surface area (Å²) in [6, 6.07) is 13.6. The van der Waals surface area contributed by atoms with Gasteiger partial charge in [0.1, 0.15) is 11.3 Å². The molecule has 8 nitrogen and oxygen atoms in total. The van der Waals surface area contributed by atoms with Crippen molar-refractivity contribution >= 4 is 23.1 Å². The maximum Gasteiger partial charge on any atom is 0.274 e. The first-order chi connectivity index (χ1) is 15.1. The van der Waals surface area contributed by atoms with E-state index < -0.39 is 0 Å². The smallest absolute Gasteiger partial charge is 0.274 e. The molecule has 3 aromatic heterocycles. The van der Waals surface area contributed by atoms with Crippen LogP contribution in [0.15, 0.2) is 61.1 Å². The highest BCUT2D eigenvalue weighted by Gasteiger charge is 2.29. The molecule has 1 aliphatic rings. The fourth-order valence-electron chi connectivity index (χ4n) is 3.71. The summed E-state index contributed by atoms with van der Waals surface area (Å²) in [5.41, 5.74) is 3.83. The number of benzene rings is 1. The van der Waals surface area contributed by atoms with Gasteiger partial charge in [-0.05, 0) is 19.4 Å². The van der Waals surface area contributed by atoms with Gasteiger partial charge in [-0.1, -0.05) is 30.3 Å². The highest BCUT2D eigenvalue weighted by Crippen LogP contribution is 2.22. The van der Waals surface area contributed by atoms with E-state index in [2.05, 4.69) is 15.4 Å². The molecule has 31 heavy (non-hydrogen) atoms. The Kier molecular flexibility index (Phi) is 4.74. The van der Waals surface area contributed by atoms with Crippen LogP contribution in [0.25, 0.3) is 16.9 Å². The molecule has 4 aromatic rings. The largest absolute Gasteiger partial charge is 0.338 e. The Morgan fingerprint density at radius 1 is 1.13 bits per heavy atom. The first-order valence-corrected chi connectivity index (χ1v) is 10.3. The van der Waals surface area contributed by atoms with Crippen molar-refractivity contribution in [1.29, 1.82) is 0 Å². The van der Waals surface area contributed by atoms with Gasteiger partial charge in [-0.15, -0.1) is 0 Å². The molecule has 0 bridgehead atoms. The number of carbonyl (C=O) groups excluding carboxylic acids is 2. The summed E-state index contributed by atoms with van der Waals surface area (Å²) in [5.74, 6) is -0.505. The SMILES string of the molecule is CCn1ncc(C(=O)N2CCC2)c1C(=O)Nc1ccn2cc(-c3ccccc3)nc2c1. The highest BCUT2D eigenvalue weighted by atomic mass is 16.2. The maximum absolute atomic E-state index is 13.1. The highest BCUT2D eigenvalue weighted by molar-refractivity contribution is 6.11. The van der Waals surface area contributed by atoms with Gasteiger partial charge in [-0.2, -0.15) is 5.10 Å². The second-order valence-corrected chi connectivity index (χ2v) is 7.50. The van der Waals surface area contributed by atoms with Crippen molar-refractivity contribution in [3.8, 4) is 11.3 Å². The van der Waals surface area contributed by atoms with Gasteiger partial charge in [0, 0.05) is 49.3 Å². The van der Waals surface area contributed by atoms with Crippen LogP contribution in [0.1, 0.15) is 34.2 Å². The minimum absolute atomic E-state index is 0.146. The minimum atomic E-state index is -0.359. The summed E-state index contributed by atoms with van der Waals surface area (Å²) in [5, 5.41) is 7.14. The predicted molar refractivity (Wildman–Crippen MR) is 117 cm³/mol. The van der Waals surface area contributed by atoms with Crippen LogP contribution in [0.4, 0.5) is 5.69 Å². The van der Waals surface area contributed by atoms with Crippen LogP contribution < -0.4 is 5.32 Å². The average Bonchev–Trinajstić information content (AvgIpc) is 3.37. The van der Waals surface area contributed by atoms with Crippen LogP contribution in [0, 0.1) is 0 Å². The van der Waals surface area contributed by atoms with E-state index in [9.17, 15) is 9.59 Å². The van der Waals surface area contributed by atoms with Crippen molar-refractivity contribution in [3.05, 3.63) is 72.3 Å². The first-order valence-electron chi connectivity index (χ1n) is 10.3. The maximum atomic E-state index is 13.1. The Morgan fingerprint density at radius 2 is 1.94 bits per heavy atom. The molecular weight excluding hydrogens is 392 g/mol. The molecule has 0 radical (unpaired) electrons. The summed E-state index contributed by atoms with van der Waals surface area (Å²) >= 11 is 0. The Morgan fingerprint density at radius 3 is 2.65 bits per heavy atom. The molecule has 0 aliphatic carbocycles. The van der Waals surface area contributed by atoms with Crippen molar-refractivity contribution in [1.82, 2.24) is 24.1 Å². The molecule has 8 heteroatoms. The monoisotopic (exact) mass is 414 g/mol. The van der Waals surface area contributed by atoms with E-state index >= 15 is 0 Å². The molecule has 156 valence electrons. The number of hydrogen-bond acceptors (Lipinski definition) is 4. The number of hydrogen-bond donors (Lipinski definition) is 1. The lowest BCUT2D eigenvalue weighted by atomic mass is 10.1. The minimum Gasteiger partial charge on any atom is -0.338 e. The first kappa shape index (κ1) is 19.0. The van der Waals surface area contributed by atoms with Gasteiger partial charge in [0.25, 0.3) is 11.8 Å². The summed E-state index contributed by atoms with van der Waals surface area (Å²) in [4.78, 5) is 32.2. The lowest BCUT2D eigenvalue weighted by molar-refractivity contribution is 0.0648. The normalized spacial score (nSPS) is 13.3. The fourth-order valence-corrected chi connectivity index (χ4v) is 3.71. The molecule has 1 saturated heterocycles. The van der Waals surface area contributed by atoms with Gasteiger partial charge >= 0.3 is 0 Å². The number of imidazole rings is 1. The number of nitrogens with zero attached hydrogens (tertiary/aromatic N) is 5. The third-order valence-electron chi connectivity index (χ3n) is 5.52. The van der Waals surface area contributed by atoms with E-state index in [-0.39, 0.29) is 17.5 Å². The van der Waals surface area contributed by atoms with E-state index in [1.807, 2.05) is 66.2 Å². The molecule has 1 N–H and O–H groups in total. The number of likely N-dealkylation sites (tertiary alicyclic amines) is 1. The zero-order valence-corrected chi connectivity index (χ0v) is 17.2. The molecule has 0 spiro atoms. The Balaban J connectivity index is 1.43. The van der Waals surface area contributed by atoms with Crippen molar-refractivity contribution in [2.45, 2.75) is 19.9 Å². The second-order valence-electron chi connectivity index (χ2n) is 7.50. The summed E-state index contributed by atoms with van der Waals surface area (Å²) in [7, 11) is 0. The summed E-state index contributed by atoms with van der Waals surface area (Å²) in [6.45, 7) is 3.83. The number of amides is 2. The number of aromatic nitrogens is 4. The van der Waals surface area contributed by atoms with Crippen LogP contribution in [-0.4, -0.2) is 49.0 Å². The van der Waals surface area contributed by atoms with Gasteiger partial charge < -0.3 is 14.6 Å². The fraction of sp³-hybridized carbons (Fsp3) is 0.217. The number of aryl methyl sites for hydroxylation is 1. The molecule has 0 unspecified atom stereocenters. The van der Waals surface area contributed by atoms with Crippen LogP contribution >= 0.6 is 0 Å². The lowest BCUT2D eigenvalue weighted by Gasteiger charge is -2.30. The van der Waals surface area contributed by atoms with Gasteiger partial charge in [-0.25, -0.2) is 4.98 Å². The second kappa shape index (κ2) is 7.71. The quantitative estimate of drug-likeness (QED) is 0.543. The zero-order valence-electron chi connectivity index (χ0n) is 17.2. The third-order valence-corrected chi connectivity index (χ3v) is 5.52. The van der Waals surface area contributed by atoms with Gasteiger partial charge in [-0.3, -0.25) is 14.3 Å². The number of anilines is 1. The molecule has 2 amide bonds. The number of pyridine rings is 1. The van der Waals surface area contributed by atoms with Gasteiger partial charge in [0.05, 0.1) is 17.5 Å². The lowest BCUT2D eigenvalue weighted by Crippen LogP contribution is -2.42. The third kappa shape index (κ3) is 3.46. The molecular formula is C23H22N6O2. The van der Waals surface area contributed by atoms with E-state index in [4.69, 9.17) is 0 Å². The molecule has 1 aliphatic heterocycles. The van der Waals surface area contributed by atoms with Crippen LogP contribution in [0.3, 0.4) is 0 Å². The Labute approximate surface area is 179 Å². The topological polar surface area (TPSA) is 84.5 Å². The van der Waals surface area contributed by atoms with Crippen molar-refractivity contribution < 1.29 is 9.59 Å². The number of nitrogens with one attached hydrogen (secondary N) is 1. The van der Waals surface area contributed by atoms with Crippen molar-refractivity contribution in [2.24, 2.45) is 0 Å². The number of carbonyl (C=O) groups is 2. The predicted octanol–water partition coefficient (Wildman–Crippen LogP) is 3.32. The molecule has 1 aromatic carbocycles. The molecule has 4 heterocycles. The summed E-state index contributed by atoms with van der Waals surface area (Å²) in [6.07, 6.45) is 6.29. The average molecular weight is 414 g/mol. The number of rotatable bonds is 5. The van der Waals surface area contributed by atoms with Crippen LogP contribution in [-0.2, 0) is 6.54 Å². The standard InChI is InChI=1S/C23H22N6O2/c1-2-29-21(18(14-24-29)23(31)27-10-6-11-27)22(30)25-17-9-12-28-15-19(26-20(28)13-17)16-7-4-3-5-8-16/h3-5,7-9,12-15H,2,6,10-11H2,1H3,(H,25,30). The van der Waals surface area contributed by atoms with Gasteiger partial charge in [0.2, 0.25) is 0 Å². The van der Waals surface area contributed by atoms with Crippen molar-refractivity contribution in [3.63, 3.8) is 0 Å². The van der Waals surface area contributed by atoms with Crippen LogP contribution in [0.5, 0.6) is 0 Å². The van der Waals surface area contributed by atoms with Crippen molar-refractivity contribution in [2.75, 3.05) is 18.4 Å². The molecule has 1 fully saturated rings. The van der Waals surface area contributed by atoms with Gasteiger partial charge in [0.15, 0.2) is 0 Å². The van der Waals surface area contributed by atoms with Crippen LogP contribution in [0.2, 0.25) is 0 Å². The molecule has 5 rings (SSSR count). The van der Waals surface area contributed by atoms with E-state index in [1.165, 1.54) is 6.20 Å². The zero-order chi connectivity index (χ0) is 21.4. The Bertz CT molecular complexity index is 1270. The van der Waals surface area contributed by atoms with E-state index in [1.54, 1.807) is 9.58 Å². The van der Waals surface area contributed by atoms with E-state index in [0.29, 0.717) is 17.8 Å². The molecule has 0 atom stereocenters.